The SMILES string of the molecule is Cc1cc(=O)oc2cc(NC(=O)[C@H](CC(C)C)NC(=O)[C@@H](C)Oc3ccc(O)cc3)ccc12. The van der Waals surface area contributed by atoms with Crippen LogP contribution in [0.2, 0.25) is 0 Å². The summed E-state index contributed by atoms with van der Waals surface area (Å²) < 4.78 is 10.8. The Kier molecular flexibility index (Phi) is 7.37. The first kappa shape index (κ1) is 23.8. The van der Waals surface area contributed by atoms with Gasteiger partial charge in [0.25, 0.3) is 5.91 Å². The minimum Gasteiger partial charge on any atom is -0.508 e. The summed E-state index contributed by atoms with van der Waals surface area (Å²) in [5.41, 5.74) is 1.15. The van der Waals surface area contributed by atoms with Crippen molar-refractivity contribution in [3.8, 4) is 11.5 Å². The molecule has 0 saturated carbocycles. The molecule has 0 saturated heterocycles. The molecule has 0 fully saturated rings. The number of fused-ring (bicyclic) bond motifs is 1. The van der Waals surface area contributed by atoms with E-state index in [4.69, 9.17) is 9.15 Å². The van der Waals surface area contributed by atoms with Gasteiger partial charge in [0.15, 0.2) is 6.10 Å². The second kappa shape index (κ2) is 10.2. The summed E-state index contributed by atoms with van der Waals surface area (Å²) in [5, 5.41) is 15.7. The maximum atomic E-state index is 13.0. The van der Waals surface area contributed by atoms with E-state index in [2.05, 4.69) is 10.6 Å². The molecule has 2 aromatic carbocycles. The number of aryl methyl sites for hydroxylation is 1. The number of rotatable bonds is 8. The average molecular weight is 453 g/mol. The van der Waals surface area contributed by atoms with Crippen molar-refractivity contribution >= 4 is 28.5 Å². The maximum absolute atomic E-state index is 13.0. The van der Waals surface area contributed by atoms with Crippen molar-refractivity contribution < 1.29 is 23.8 Å². The van der Waals surface area contributed by atoms with Crippen LogP contribution in [0.5, 0.6) is 11.5 Å². The zero-order valence-corrected chi connectivity index (χ0v) is 19.0. The number of benzene rings is 2. The summed E-state index contributed by atoms with van der Waals surface area (Å²) in [5.74, 6) is -0.164. The van der Waals surface area contributed by atoms with Gasteiger partial charge in [-0.15, -0.1) is 0 Å². The van der Waals surface area contributed by atoms with Crippen molar-refractivity contribution in [2.45, 2.75) is 46.3 Å². The highest BCUT2D eigenvalue weighted by Gasteiger charge is 2.25. The van der Waals surface area contributed by atoms with Crippen LogP contribution in [0.25, 0.3) is 11.0 Å². The lowest BCUT2D eigenvalue weighted by Crippen LogP contribution is -2.48. The van der Waals surface area contributed by atoms with Gasteiger partial charge < -0.3 is 24.9 Å². The number of nitrogens with one attached hydrogen (secondary N) is 2. The highest BCUT2D eigenvalue weighted by atomic mass is 16.5. The first-order valence-corrected chi connectivity index (χ1v) is 10.7. The van der Waals surface area contributed by atoms with E-state index in [1.54, 1.807) is 37.3 Å². The monoisotopic (exact) mass is 452 g/mol. The predicted octanol–water partition coefficient (Wildman–Crippen LogP) is 3.74. The predicted molar refractivity (Wildman–Crippen MR) is 125 cm³/mol. The molecule has 1 heterocycles. The van der Waals surface area contributed by atoms with Gasteiger partial charge in [0, 0.05) is 23.2 Å². The largest absolute Gasteiger partial charge is 0.508 e. The van der Waals surface area contributed by atoms with Crippen LogP contribution in [-0.2, 0) is 9.59 Å². The standard InChI is InChI=1S/C25H28N2O6/c1-14(2)11-21(27-24(30)16(4)32-19-8-6-18(28)7-9-19)25(31)26-17-5-10-20-15(3)12-23(29)33-22(20)13-17/h5-10,12-14,16,21,28H,11H2,1-4H3,(H,26,31)(H,27,30)/t16-,21+/m1/s1. The van der Waals surface area contributed by atoms with Crippen LogP contribution in [0.4, 0.5) is 5.69 Å². The van der Waals surface area contributed by atoms with Gasteiger partial charge >= 0.3 is 5.63 Å². The van der Waals surface area contributed by atoms with Crippen LogP contribution in [0, 0.1) is 12.8 Å². The van der Waals surface area contributed by atoms with Gasteiger partial charge in [-0.2, -0.15) is 0 Å². The van der Waals surface area contributed by atoms with Gasteiger partial charge in [0.1, 0.15) is 23.1 Å². The van der Waals surface area contributed by atoms with Crippen molar-refractivity contribution in [2.24, 2.45) is 5.92 Å². The summed E-state index contributed by atoms with van der Waals surface area (Å²) in [6.45, 7) is 7.31. The molecule has 0 unspecified atom stereocenters. The molecule has 2 atom stereocenters. The molecular formula is C25H28N2O6. The first-order valence-electron chi connectivity index (χ1n) is 10.7. The third-order valence-electron chi connectivity index (χ3n) is 5.08. The smallest absolute Gasteiger partial charge is 0.336 e. The molecule has 0 aliphatic carbocycles. The van der Waals surface area contributed by atoms with Crippen LogP contribution in [0.1, 0.15) is 32.8 Å². The number of phenols is 1. The van der Waals surface area contributed by atoms with E-state index in [-0.39, 0.29) is 17.6 Å². The van der Waals surface area contributed by atoms with Crippen molar-refractivity contribution in [2.75, 3.05) is 5.32 Å². The Labute approximate surface area is 191 Å². The second-order valence-corrected chi connectivity index (χ2v) is 8.39. The van der Waals surface area contributed by atoms with E-state index in [1.807, 2.05) is 20.8 Å². The molecule has 0 bridgehead atoms. The Hall–Kier alpha value is -3.81. The lowest BCUT2D eigenvalue weighted by Gasteiger charge is -2.22. The lowest BCUT2D eigenvalue weighted by atomic mass is 10.0. The third kappa shape index (κ3) is 6.35. The molecule has 0 aliphatic heterocycles. The van der Waals surface area contributed by atoms with Crippen LogP contribution in [0.15, 0.2) is 57.7 Å². The quantitative estimate of drug-likeness (QED) is 0.448. The summed E-state index contributed by atoms with van der Waals surface area (Å²) in [6, 6.07) is 11.7. The number of carbonyl (C=O) groups excluding carboxylic acids is 2. The summed E-state index contributed by atoms with van der Waals surface area (Å²) in [4.78, 5) is 37.4. The fraction of sp³-hybridized carbons (Fsp3) is 0.320. The maximum Gasteiger partial charge on any atom is 0.336 e. The minimum atomic E-state index is -0.852. The molecule has 3 N–H and O–H groups in total. The normalized spacial score (nSPS) is 12.9. The van der Waals surface area contributed by atoms with Crippen molar-refractivity contribution in [1.29, 1.82) is 0 Å². The van der Waals surface area contributed by atoms with Gasteiger partial charge in [0.05, 0.1) is 0 Å². The molecule has 0 aliphatic rings. The van der Waals surface area contributed by atoms with Gasteiger partial charge in [-0.1, -0.05) is 13.8 Å². The topological polar surface area (TPSA) is 118 Å². The van der Waals surface area contributed by atoms with Gasteiger partial charge in [-0.3, -0.25) is 9.59 Å². The Morgan fingerprint density at radius 2 is 1.73 bits per heavy atom. The number of anilines is 1. The average Bonchev–Trinajstić information content (AvgIpc) is 2.74. The fourth-order valence-corrected chi connectivity index (χ4v) is 3.41. The molecule has 0 spiro atoms. The van der Waals surface area contributed by atoms with Crippen LogP contribution in [-0.4, -0.2) is 29.1 Å². The fourth-order valence-electron chi connectivity index (χ4n) is 3.41. The van der Waals surface area contributed by atoms with Crippen LogP contribution in [0.3, 0.4) is 0 Å². The molecule has 2 amide bonds. The molecular weight excluding hydrogens is 424 g/mol. The first-order chi connectivity index (χ1) is 15.6. The van der Waals surface area contributed by atoms with Crippen molar-refractivity contribution in [3.05, 3.63) is 64.5 Å². The number of hydrogen-bond donors (Lipinski definition) is 3. The molecule has 8 heteroatoms. The third-order valence-corrected chi connectivity index (χ3v) is 5.08. The highest BCUT2D eigenvalue weighted by molar-refractivity contribution is 5.99. The number of amides is 2. The number of carbonyl (C=O) groups is 2. The molecule has 33 heavy (non-hydrogen) atoms. The minimum absolute atomic E-state index is 0.0937. The Morgan fingerprint density at radius 3 is 2.39 bits per heavy atom. The molecule has 3 aromatic rings. The lowest BCUT2D eigenvalue weighted by molar-refractivity contribution is -0.131. The van der Waals surface area contributed by atoms with Crippen LogP contribution >= 0.6 is 0 Å². The number of hydrogen-bond acceptors (Lipinski definition) is 6. The molecule has 3 rings (SSSR count). The van der Waals surface area contributed by atoms with Crippen molar-refractivity contribution in [3.63, 3.8) is 0 Å². The Balaban J connectivity index is 1.71. The van der Waals surface area contributed by atoms with E-state index >= 15 is 0 Å². The van der Waals surface area contributed by atoms with E-state index in [0.717, 1.165) is 10.9 Å². The molecule has 174 valence electrons. The zero-order chi connectivity index (χ0) is 24.1. The number of phenolic OH excluding ortho intramolecular Hbond substituents is 1. The number of aromatic hydroxyl groups is 1. The highest BCUT2D eigenvalue weighted by Crippen LogP contribution is 2.21. The molecule has 0 radical (unpaired) electrons. The summed E-state index contributed by atoms with van der Waals surface area (Å²) >= 11 is 0. The van der Waals surface area contributed by atoms with Gasteiger partial charge in [-0.05, 0) is 68.1 Å². The Morgan fingerprint density at radius 1 is 1.03 bits per heavy atom. The van der Waals surface area contributed by atoms with Gasteiger partial charge in [0.2, 0.25) is 5.91 Å². The van der Waals surface area contributed by atoms with E-state index in [9.17, 15) is 19.5 Å². The summed E-state index contributed by atoms with van der Waals surface area (Å²) in [7, 11) is 0. The van der Waals surface area contributed by atoms with E-state index in [1.165, 1.54) is 18.2 Å². The molecule has 8 nitrogen and oxygen atoms in total. The van der Waals surface area contributed by atoms with Crippen LogP contribution < -0.4 is 21.0 Å². The number of ether oxygens (including phenoxy) is 1. The Bertz CT molecular complexity index is 1200. The second-order valence-electron chi connectivity index (χ2n) is 8.39. The van der Waals surface area contributed by atoms with E-state index < -0.39 is 23.7 Å². The molecule has 1 aromatic heterocycles. The van der Waals surface area contributed by atoms with E-state index in [0.29, 0.717) is 23.4 Å². The van der Waals surface area contributed by atoms with Gasteiger partial charge in [-0.25, -0.2) is 4.79 Å². The van der Waals surface area contributed by atoms with Crippen molar-refractivity contribution in [1.82, 2.24) is 5.32 Å². The summed E-state index contributed by atoms with van der Waals surface area (Å²) in [6.07, 6.45) is -0.430. The zero-order valence-electron chi connectivity index (χ0n) is 19.0.